The molecular weight excluding hydrogens is 345 g/mol. The third-order valence-electron chi connectivity index (χ3n) is 3.52. The van der Waals surface area contributed by atoms with Gasteiger partial charge in [-0.3, -0.25) is 14.5 Å². The molecule has 0 spiro atoms. The molecule has 0 radical (unpaired) electrons. The lowest BCUT2D eigenvalue weighted by Crippen LogP contribution is -2.35. The van der Waals surface area contributed by atoms with Crippen molar-refractivity contribution < 1.29 is 22.8 Å². The molecule has 3 rings (SSSR count). The fourth-order valence-electron chi connectivity index (χ4n) is 2.41. The molecule has 2 aromatic rings. The van der Waals surface area contributed by atoms with Gasteiger partial charge in [0.2, 0.25) is 5.91 Å². The van der Waals surface area contributed by atoms with Crippen LogP contribution in [0.1, 0.15) is 15.9 Å². The Morgan fingerprint density at radius 1 is 1.08 bits per heavy atom. The van der Waals surface area contributed by atoms with Gasteiger partial charge in [0.05, 0.1) is 16.8 Å². The number of hydrogen-bond donors (Lipinski definition) is 1. The number of alkyl halides is 3. The lowest BCUT2D eigenvalue weighted by Gasteiger charge is -2.21. The van der Waals surface area contributed by atoms with Crippen molar-refractivity contribution in [3.05, 3.63) is 58.6 Å². The van der Waals surface area contributed by atoms with Gasteiger partial charge in [-0.15, -0.1) is 0 Å². The second-order valence-corrected chi connectivity index (χ2v) is 5.61. The van der Waals surface area contributed by atoms with Gasteiger partial charge in [-0.1, -0.05) is 17.7 Å². The quantitative estimate of drug-likeness (QED) is 0.842. The molecule has 0 unspecified atom stereocenters. The monoisotopic (exact) mass is 354 g/mol. The van der Waals surface area contributed by atoms with Crippen molar-refractivity contribution in [3.63, 3.8) is 0 Å². The Hall–Kier alpha value is -2.54. The average molecular weight is 355 g/mol. The van der Waals surface area contributed by atoms with Crippen molar-refractivity contribution in [2.24, 2.45) is 0 Å². The normalized spacial score (nSPS) is 14.9. The highest BCUT2D eigenvalue weighted by atomic mass is 35.5. The minimum absolute atomic E-state index is 0.0159. The second-order valence-electron chi connectivity index (χ2n) is 5.18. The standard InChI is InChI=1S/C16H10ClF3N2O2/c17-10-4-5-13-12(7-10)15(24)22(8-14(23)21-13)11-3-1-2-9(6-11)16(18,19)20/h1-7H,8H2,(H,21,23). The molecule has 1 heterocycles. The van der Waals surface area contributed by atoms with Gasteiger partial charge in [-0.05, 0) is 36.4 Å². The predicted octanol–water partition coefficient (Wildman–Crippen LogP) is 3.96. The van der Waals surface area contributed by atoms with Crippen LogP contribution in [0.25, 0.3) is 0 Å². The van der Waals surface area contributed by atoms with E-state index in [1.54, 1.807) is 0 Å². The van der Waals surface area contributed by atoms with Crippen molar-refractivity contribution in [1.82, 2.24) is 0 Å². The average Bonchev–Trinajstić information content (AvgIpc) is 2.64. The third kappa shape index (κ3) is 3.07. The Morgan fingerprint density at radius 3 is 2.54 bits per heavy atom. The Labute approximate surface area is 139 Å². The maximum absolute atomic E-state index is 12.9. The largest absolute Gasteiger partial charge is 0.416 e. The molecular formula is C16H10ClF3N2O2. The van der Waals surface area contributed by atoms with E-state index >= 15 is 0 Å². The number of carbonyl (C=O) groups excluding carboxylic acids is 2. The number of benzene rings is 2. The molecule has 124 valence electrons. The van der Waals surface area contributed by atoms with E-state index in [1.165, 1.54) is 30.3 Å². The lowest BCUT2D eigenvalue weighted by molar-refractivity contribution is -0.137. The van der Waals surface area contributed by atoms with Crippen LogP contribution in [-0.2, 0) is 11.0 Å². The lowest BCUT2D eigenvalue weighted by atomic mass is 10.1. The summed E-state index contributed by atoms with van der Waals surface area (Å²) in [5.74, 6) is -1.12. The van der Waals surface area contributed by atoms with E-state index in [1.807, 2.05) is 0 Å². The molecule has 1 aliphatic heterocycles. The number of anilines is 2. The molecule has 1 aliphatic rings. The van der Waals surface area contributed by atoms with Crippen LogP contribution in [-0.4, -0.2) is 18.4 Å². The van der Waals surface area contributed by atoms with Crippen molar-refractivity contribution >= 4 is 34.8 Å². The topological polar surface area (TPSA) is 49.4 Å². The van der Waals surface area contributed by atoms with Gasteiger partial charge in [-0.2, -0.15) is 13.2 Å². The molecule has 1 N–H and O–H groups in total. The van der Waals surface area contributed by atoms with Crippen LogP contribution in [0, 0.1) is 0 Å². The molecule has 0 aliphatic carbocycles. The summed E-state index contributed by atoms with van der Waals surface area (Å²) < 4.78 is 38.6. The first kappa shape index (κ1) is 16.3. The van der Waals surface area contributed by atoms with Crippen LogP contribution in [0.2, 0.25) is 5.02 Å². The maximum Gasteiger partial charge on any atom is 0.416 e. The van der Waals surface area contributed by atoms with Crippen LogP contribution in [0.4, 0.5) is 24.5 Å². The summed E-state index contributed by atoms with van der Waals surface area (Å²) in [4.78, 5) is 25.7. The Kier molecular flexibility index (Phi) is 3.96. The zero-order valence-corrected chi connectivity index (χ0v) is 12.8. The van der Waals surface area contributed by atoms with Crippen molar-refractivity contribution in [3.8, 4) is 0 Å². The van der Waals surface area contributed by atoms with Crippen LogP contribution < -0.4 is 10.2 Å². The SMILES string of the molecule is O=C1CN(c2cccc(C(F)(F)F)c2)C(=O)c2cc(Cl)ccc2N1. The van der Waals surface area contributed by atoms with Crippen LogP contribution in [0.5, 0.6) is 0 Å². The van der Waals surface area contributed by atoms with E-state index in [9.17, 15) is 22.8 Å². The van der Waals surface area contributed by atoms with E-state index in [0.29, 0.717) is 0 Å². The van der Waals surface area contributed by atoms with Gasteiger partial charge >= 0.3 is 6.18 Å². The maximum atomic E-state index is 12.9. The van der Waals surface area contributed by atoms with E-state index in [4.69, 9.17) is 11.6 Å². The van der Waals surface area contributed by atoms with Crippen LogP contribution in [0.3, 0.4) is 0 Å². The number of fused-ring (bicyclic) bond motifs is 1. The number of rotatable bonds is 1. The molecule has 0 saturated heterocycles. The van der Waals surface area contributed by atoms with Crippen LogP contribution in [0.15, 0.2) is 42.5 Å². The summed E-state index contributed by atoms with van der Waals surface area (Å²) >= 11 is 5.88. The van der Waals surface area contributed by atoms with Gasteiger partial charge in [-0.25, -0.2) is 0 Å². The third-order valence-corrected chi connectivity index (χ3v) is 3.75. The van der Waals surface area contributed by atoms with Gasteiger partial charge < -0.3 is 5.32 Å². The first-order chi connectivity index (χ1) is 11.3. The Balaban J connectivity index is 2.08. The summed E-state index contributed by atoms with van der Waals surface area (Å²) in [6, 6.07) is 8.61. The minimum atomic E-state index is -4.55. The van der Waals surface area contributed by atoms with E-state index in [2.05, 4.69) is 5.32 Å². The second kappa shape index (κ2) is 5.83. The molecule has 4 nitrogen and oxygen atoms in total. The summed E-state index contributed by atoms with van der Waals surface area (Å²) in [6.07, 6.45) is -4.55. The summed E-state index contributed by atoms with van der Waals surface area (Å²) in [5.41, 5.74) is -0.531. The minimum Gasteiger partial charge on any atom is -0.324 e. The molecule has 8 heteroatoms. The first-order valence-electron chi connectivity index (χ1n) is 6.84. The number of nitrogens with zero attached hydrogens (tertiary/aromatic N) is 1. The number of amides is 2. The van der Waals surface area contributed by atoms with Gasteiger partial charge in [0, 0.05) is 10.7 Å². The van der Waals surface area contributed by atoms with Crippen molar-refractivity contribution in [2.45, 2.75) is 6.18 Å². The summed E-state index contributed by atoms with van der Waals surface area (Å²) in [5, 5.41) is 2.82. The van der Waals surface area contributed by atoms with Crippen molar-refractivity contribution in [2.75, 3.05) is 16.8 Å². The molecule has 0 saturated carbocycles. The summed E-state index contributed by atoms with van der Waals surface area (Å²) in [7, 11) is 0. The molecule has 2 amide bonds. The van der Waals surface area contributed by atoms with Gasteiger partial charge in [0.15, 0.2) is 0 Å². The number of nitrogens with one attached hydrogen (secondary N) is 1. The zero-order chi connectivity index (χ0) is 17.5. The van der Waals surface area contributed by atoms with Crippen LogP contribution >= 0.6 is 11.6 Å². The number of halogens is 4. The molecule has 2 aromatic carbocycles. The molecule has 24 heavy (non-hydrogen) atoms. The Bertz CT molecular complexity index is 836. The highest BCUT2D eigenvalue weighted by molar-refractivity contribution is 6.31. The zero-order valence-electron chi connectivity index (χ0n) is 12.0. The molecule has 0 bridgehead atoms. The van der Waals surface area contributed by atoms with Gasteiger partial charge in [0.25, 0.3) is 5.91 Å². The highest BCUT2D eigenvalue weighted by Gasteiger charge is 2.33. The fourth-order valence-corrected chi connectivity index (χ4v) is 2.58. The van der Waals surface area contributed by atoms with E-state index in [0.717, 1.165) is 17.0 Å². The summed E-state index contributed by atoms with van der Waals surface area (Å²) in [6.45, 7) is -0.396. The molecule has 0 atom stereocenters. The first-order valence-corrected chi connectivity index (χ1v) is 7.22. The predicted molar refractivity (Wildman–Crippen MR) is 83.2 cm³/mol. The number of hydrogen-bond acceptors (Lipinski definition) is 2. The highest BCUT2D eigenvalue weighted by Crippen LogP contribution is 2.33. The Morgan fingerprint density at radius 2 is 1.83 bits per heavy atom. The van der Waals surface area contributed by atoms with E-state index < -0.39 is 30.1 Å². The smallest absolute Gasteiger partial charge is 0.324 e. The molecule has 0 fully saturated rings. The fraction of sp³-hybridized carbons (Fsp3) is 0.125. The number of carbonyl (C=O) groups is 2. The van der Waals surface area contributed by atoms with E-state index in [-0.39, 0.29) is 22.0 Å². The van der Waals surface area contributed by atoms with Gasteiger partial charge in [0.1, 0.15) is 6.54 Å². The molecule has 0 aromatic heterocycles. The van der Waals surface area contributed by atoms with Crippen molar-refractivity contribution in [1.29, 1.82) is 0 Å².